The molecule has 0 aliphatic carbocycles. The number of hydrogen-bond donors (Lipinski definition) is 1. The van der Waals surface area contributed by atoms with Crippen molar-refractivity contribution in [1.82, 2.24) is 10.2 Å². The molecule has 1 atom stereocenters. The van der Waals surface area contributed by atoms with Gasteiger partial charge in [-0.1, -0.05) is 15.9 Å². The van der Waals surface area contributed by atoms with E-state index in [4.69, 9.17) is 0 Å². The summed E-state index contributed by atoms with van der Waals surface area (Å²) in [5.74, 6) is -0.182. The molecule has 1 aliphatic rings. The van der Waals surface area contributed by atoms with E-state index in [-0.39, 0.29) is 11.9 Å². The molecule has 1 saturated heterocycles. The summed E-state index contributed by atoms with van der Waals surface area (Å²) >= 11 is 3.32. The van der Waals surface area contributed by atoms with E-state index in [9.17, 15) is 4.39 Å². The third-order valence-corrected chi connectivity index (χ3v) is 3.24. The van der Waals surface area contributed by atoms with Gasteiger partial charge in [-0.3, -0.25) is 4.90 Å². The van der Waals surface area contributed by atoms with Crippen LogP contribution in [0.3, 0.4) is 0 Å². The zero-order valence-corrected chi connectivity index (χ0v) is 10.2. The van der Waals surface area contributed by atoms with Crippen molar-refractivity contribution >= 4 is 15.9 Å². The standard InChI is InChI=1S/C11H14BrFN2/c1-15-3-2-14-7-11(15)8-4-9(12)6-10(13)5-8/h4-6,11,14H,2-3,7H2,1H3. The molecule has 2 rings (SSSR count). The molecule has 82 valence electrons. The molecule has 0 radical (unpaired) electrons. The average molecular weight is 273 g/mol. The van der Waals surface area contributed by atoms with E-state index < -0.39 is 0 Å². The Kier molecular flexibility index (Phi) is 3.38. The van der Waals surface area contributed by atoms with E-state index in [2.05, 4.69) is 33.2 Å². The summed E-state index contributed by atoms with van der Waals surface area (Å²) in [5.41, 5.74) is 1.02. The van der Waals surface area contributed by atoms with E-state index in [0.29, 0.717) is 0 Å². The van der Waals surface area contributed by atoms with E-state index in [0.717, 1.165) is 29.7 Å². The first-order valence-corrected chi connectivity index (χ1v) is 5.83. The lowest BCUT2D eigenvalue weighted by molar-refractivity contribution is 0.202. The second kappa shape index (κ2) is 4.60. The van der Waals surface area contributed by atoms with Crippen LogP contribution in [0.5, 0.6) is 0 Å². The molecule has 1 aliphatic heterocycles. The Morgan fingerprint density at radius 1 is 1.47 bits per heavy atom. The highest BCUT2D eigenvalue weighted by atomic mass is 79.9. The van der Waals surface area contributed by atoms with Crippen molar-refractivity contribution in [2.24, 2.45) is 0 Å². The fraction of sp³-hybridized carbons (Fsp3) is 0.455. The maximum atomic E-state index is 13.2. The average Bonchev–Trinajstić information content (AvgIpc) is 2.16. The second-order valence-electron chi connectivity index (χ2n) is 3.90. The fourth-order valence-electron chi connectivity index (χ4n) is 1.95. The molecule has 1 aromatic rings. The smallest absolute Gasteiger partial charge is 0.124 e. The number of hydrogen-bond acceptors (Lipinski definition) is 2. The molecule has 0 saturated carbocycles. The Morgan fingerprint density at radius 2 is 2.27 bits per heavy atom. The number of nitrogens with one attached hydrogen (secondary N) is 1. The zero-order chi connectivity index (χ0) is 10.8. The third kappa shape index (κ3) is 2.56. The van der Waals surface area contributed by atoms with Gasteiger partial charge in [-0.15, -0.1) is 0 Å². The molecule has 15 heavy (non-hydrogen) atoms. The van der Waals surface area contributed by atoms with Gasteiger partial charge < -0.3 is 5.32 Å². The lowest BCUT2D eigenvalue weighted by Gasteiger charge is -2.33. The third-order valence-electron chi connectivity index (χ3n) is 2.78. The first kappa shape index (κ1) is 11.0. The van der Waals surface area contributed by atoms with Crippen molar-refractivity contribution in [3.05, 3.63) is 34.1 Å². The summed E-state index contributed by atoms with van der Waals surface area (Å²) in [7, 11) is 2.07. The summed E-state index contributed by atoms with van der Waals surface area (Å²) < 4.78 is 14.0. The Hall–Kier alpha value is -0.450. The quantitative estimate of drug-likeness (QED) is 0.843. The molecule has 2 nitrogen and oxygen atoms in total. The molecule has 1 N–H and O–H groups in total. The summed E-state index contributed by atoms with van der Waals surface area (Å²) in [4.78, 5) is 2.25. The highest BCUT2D eigenvalue weighted by Crippen LogP contribution is 2.24. The van der Waals surface area contributed by atoms with Crippen molar-refractivity contribution in [1.29, 1.82) is 0 Å². The predicted octanol–water partition coefficient (Wildman–Crippen LogP) is 2.16. The van der Waals surface area contributed by atoms with Crippen molar-refractivity contribution in [3.63, 3.8) is 0 Å². The first-order valence-electron chi connectivity index (χ1n) is 5.04. The maximum absolute atomic E-state index is 13.2. The van der Waals surface area contributed by atoms with Crippen LogP contribution in [0.2, 0.25) is 0 Å². The molecular weight excluding hydrogens is 259 g/mol. The van der Waals surface area contributed by atoms with Gasteiger partial charge in [-0.05, 0) is 30.8 Å². The van der Waals surface area contributed by atoms with Gasteiger partial charge in [0, 0.05) is 30.1 Å². The van der Waals surface area contributed by atoms with Gasteiger partial charge in [0.25, 0.3) is 0 Å². The van der Waals surface area contributed by atoms with E-state index in [1.165, 1.54) is 6.07 Å². The lowest BCUT2D eigenvalue weighted by atomic mass is 10.0. The van der Waals surface area contributed by atoms with Gasteiger partial charge in [0.1, 0.15) is 5.82 Å². The SMILES string of the molecule is CN1CCNCC1c1cc(F)cc(Br)c1. The van der Waals surface area contributed by atoms with Crippen LogP contribution in [-0.4, -0.2) is 31.6 Å². The second-order valence-corrected chi connectivity index (χ2v) is 4.82. The van der Waals surface area contributed by atoms with Crippen molar-refractivity contribution < 1.29 is 4.39 Å². The minimum Gasteiger partial charge on any atom is -0.314 e. The number of rotatable bonds is 1. The van der Waals surface area contributed by atoms with Gasteiger partial charge >= 0.3 is 0 Å². The Morgan fingerprint density at radius 3 is 2.93 bits per heavy atom. The van der Waals surface area contributed by atoms with Crippen LogP contribution in [0, 0.1) is 5.82 Å². The van der Waals surface area contributed by atoms with Gasteiger partial charge in [0.15, 0.2) is 0 Å². The van der Waals surface area contributed by atoms with E-state index >= 15 is 0 Å². The Bertz CT molecular complexity index is 336. The van der Waals surface area contributed by atoms with Crippen molar-refractivity contribution in [2.45, 2.75) is 6.04 Å². The Balaban J connectivity index is 2.27. The molecule has 1 aromatic carbocycles. The summed E-state index contributed by atoms with van der Waals surface area (Å²) in [5, 5.41) is 3.32. The van der Waals surface area contributed by atoms with Crippen LogP contribution in [0.1, 0.15) is 11.6 Å². The van der Waals surface area contributed by atoms with Crippen LogP contribution >= 0.6 is 15.9 Å². The van der Waals surface area contributed by atoms with Crippen LogP contribution in [-0.2, 0) is 0 Å². The van der Waals surface area contributed by atoms with E-state index in [1.807, 2.05) is 6.07 Å². The van der Waals surface area contributed by atoms with Gasteiger partial charge in [-0.2, -0.15) is 0 Å². The van der Waals surface area contributed by atoms with Gasteiger partial charge in [0.05, 0.1) is 0 Å². The maximum Gasteiger partial charge on any atom is 0.124 e. The van der Waals surface area contributed by atoms with Crippen LogP contribution in [0.25, 0.3) is 0 Å². The number of piperazine rings is 1. The normalized spacial score (nSPS) is 23.0. The van der Waals surface area contributed by atoms with E-state index in [1.54, 1.807) is 6.07 Å². The predicted molar refractivity (Wildman–Crippen MR) is 62.3 cm³/mol. The molecular formula is C11H14BrFN2. The van der Waals surface area contributed by atoms with Crippen LogP contribution < -0.4 is 5.32 Å². The minimum atomic E-state index is -0.182. The highest BCUT2D eigenvalue weighted by Gasteiger charge is 2.20. The fourth-order valence-corrected chi connectivity index (χ4v) is 2.43. The molecule has 1 unspecified atom stereocenters. The minimum absolute atomic E-state index is 0.182. The highest BCUT2D eigenvalue weighted by molar-refractivity contribution is 9.10. The number of nitrogens with zero attached hydrogens (tertiary/aromatic N) is 1. The summed E-state index contributed by atoms with van der Waals surface area (Å²) in [6.45, 7) is 2.88. The topological polar surface area (TPSA) is 15.3 Å². The van der Waals surface area contributed by atoms with Crippen molar-refractivity contribution in [2.75, 3.05) is 26.7 Å². The monoisotopic (exact) mass is 272 g/mol. The molecule has 1 fully saturated rings. The molecule has 0 bridgehead atoms. The molecule has 1 heterocycles. The van der Waals surface area contributed by atoms with Crippen LogP contribution in [0.4, 0.5) is 4.39 Å². The Labute approximate surface area is 97.6 Å². The number of halogens is 2. The summed E-state index contributed by atoms with van der Waals surface area (Å²) in [6, 6.07) is 5.35. The van der Waals surface area contributed by atoms with Crippen molar-refractivity contribution in [3.8, 4) is 0 Å². The van der Waals surface area contributed by atoms with Gasteiger partial charge in [-0.25, -0.2) is 4.39 Å². The van der Waals surface area contributed by atoms with Gasteiger partial charge in [0.2, 0.25) is 0 Å². The molecule has 0 aromatic heterocycles. The lowest BCUT2D eigenvalue weighted by Crippen LogP contribution is -2.43. The zero-order valence-electron chi connectivity index (χ0n) is 8.63. The molecule has 0 amide bonds. The van der Waals surface area contributed by atoms with Crippen LogP contribution in [0.15, 0.2) is 22.7 Å². The number of benzene rings is 1. The first-order chi connectivity index (χ1) is 7.16. The number of likely N-dealkylation sites (N-methyl/N-ethyl adjacent to an activating group) is 1. The largest absolute Gasteiger partial charge is 0.314 e. The molecule has 0 spiro atoms. The summed E-state index contributed by atoms with van der Waals surface area (Å²) in [6.07, 6.45) is 0. The molecule has 4 heteroatoms.